The van der Waals surface area contributed by atoms with Gasteiger partial charge in [0, 0.05) is 54.4 Å². The van der Waals surface area contributed by atoms with Crippen LogP contribution in [0.2, 0.25) is 0 Å². The number of methoxy groups -OCH3 is 2. The van der Waals surface area contributed by atoms with Crippen molar-refractivity contribution in [2.45, 2.75) is 13.0 Å². The van der Waals surface area contributed by atoms with E-state index in [2.05, 4.69) is 10.1 Å². The van der Waals surface area contributed by atoms with Crippen LogP contribution in [0.5, 0.6) is 11.5 Å². The van der Waals surface area contributed by atoms with Crippen molar-refractivity contribution >= 4 is 22.4 Å². The fourth-order valence-electron chi connectivity index (χ4n) is 3.63. The van der Waals surface area contributed by atoms with Gasteiger partial charge in [0.1, 0.15) is 11.5 Å². The van der Waals surface area contributed by atoms with Crippen LogP contribution < -0.4 is 20.1 Å². The molecule has 0 aliphatic heterocycles. The zero-order chi connectivity index (χ0) is 23.2. The summed E-state index contributed by atoms with van der Waals surface area (Å²) in [7, 11) is 3.22. The highest BCUT2D eigenvalue weighted by atomic mass is 16.5. The molecule has 0 spiro atoms. The van der Waals surface area contributed by atoms with E-state index in [1.54, 1.807) is 26.6 Å². The molecule has 9 nitrogen and oxygen atoms in total. The molecule has 0 radical (unpaired) electrons. The second-order valence-corrected chi connectivity index (χ2v) is 7.51. The van der Waals surface area contributed by atoms with Gasteiger partial charge in [-0.25, -0.2) is 4.98 Å². The molecule has 3 N–H and O–H groups in total. The van der Waals surface area contributed by atoms with Gasteiger partial charge in [-0.15, -0.1) is 0 Å². The van der Waals surface area contributed by atoms with Crippen LogP contribution in [0.4, 0.5) is 11.4 Å². The van der Waals surface area contributed by atoms with Gasteiger partial charge in [0.25, 0.3) is 0 Å². The predicted octanol–water partition coefficient (Wildman–Crippen LogP) is 2.99. The van der Waals surface area contributed by atoms with Gasteiger partial charge in [0.2, 0.25) is 0 Å². The second kappa shape index (κ2) is 10.3. The average Bonchev–Trinajstić information content (AvgIpc) is 3.34. The van der Waals surface area contributed by atoms with E-state index in [0.717, 1.165) is 46.6 Å². The Kier molecular flexibility index (Phi) is 7.01. The number of nitrogens with zero attached hydrogens (tertiary/aromatic N) is 5. The number of rotatable bonds is 10. The van der Waals surface area contributed by atoms with Gasteiger partial charge in [-0.2, -0.15) is 5.10 Å². The van der Waals surface area contributed by atoms with Crippen molar-refractivity contribution in [1.29, 1.82) is 0 Å². The summed E-state index contributed by atoms with van der Waals surface area (Å²) in [6.45, 7) is 1.76. The van der Waals surface area contributed by atoms with Crippen LogP contribution >= 0.6 is 0 Å². The number of benzene rings is 2. The summed E-state index contributed by atoms with van der Waals surface area (Å²) in [5.74, 6) is 1.34. The number of aryl methyl sites for hydroxylation is 1. The fraction of sp³-hybridized carbons (Fsp3) is 0.292. The van der Waals surface area contributed by atoms with E-state index >= 15 is 0 Å². The average molecular weight is 449 g/mol. The number of aliphatic hydroxyl groups excluding tert-OH is 1. The third kappa shape index (κ3) is 5.05. The molecule has 0 amide bonds. The maximum absolute atomic E-state index is 9.73. The highest BCUT2D eigenvalue weighted by Crippen LogP contribution is 2.34. The Bertz CT molecular complexity index is 1200. The lowest BCUT2D eigenvalue weighted by Gasteiger charge is -2.25. The van der Waals surface area contributed by atoms with Gasteiger partial charge in [-0.3, -0.25) is 9.67 Å². The van der Waals surface area contributed by atoms with Crippen LogP contribution in [0.1, 0.15) is 6.42 Å². The molecule has 0 aliphatic carbocycles. The first-order chi connectivity index (χ1) is 16.1. The molecule has 2 aromatic carbocycles. The van der Waals surface area contributed by atoms with Crippen LogP contribution in [0.25, 0.3) is 22.3 Å². The van der Waals surface area contributed by atoms with Crippen LogP contribution in [0.15, 0.2) is 55.0 Å². The van der Waals surface area contributed by atoms with Crippen LogP contribution in [-0.4, -0.2) is 58.8 Å². The first-order valence-electron chi connectivity index (χ1n) is 10.8. The Morgan fingerprint density at radius 2 is 1.79 bits per heavy atom. The summed E-state index contributed by atoms with van der Waals surface area (Å²) in [6, 6.07) is 11.5. The van der Waals surface area contributed by atoms with Crippen molar-refractivity contribution in [3.8, 4) is 22.8 Å². The summed E-state index contributed by atoms with van der Waals surface area (Å²) in [5, 5.41) is 14.1. The highest BCUT2D eigenvalue weighted by molar-refractivity contribution is 5.82. The molecule has 0 unspecified atom stereocenters. The lowest BCUT2D eigenvalue weighted by atomic mass is 10.2. The van der Waals surface area contributed by atoms with Gasteiger partial charge in [-0.1, -0.05) is 0 Å². The molecule has 0 aliphatic rings. The Labute approximate surface area is 192 Å². The monoisotopic (exact) mass is 448 g/mol. The quantitative estimate of drug-likeness (QED) is 0.381. The van der Waals surface area contributed by atoms with Crippen molar-refractivity contribution < 1.29 is 14.6 Å². The number of aliphatic hydroxyl groups is 1. The van der Waals surface area contributed by atoms with Gasteiger partial charge in [0.15, 0.2) is 0 Å². The van der Waals surface area contributed by atoms with E-state index in [-0.39, 0.29) is 6.61 Å². The second-order valence-electron chi connectivity index (χ2n) is 7.51. The molecule has 4 aromatic rings. The first kappa shape index (κ1) is 22.5. The summed E-state index contributed by atoms with van der Waals surface area (Å²) in [4.78, 5) is 11.4. The minimum absolute atomic E-state index is 0.0226. The molecular weight excluding hydrogens is 420 g/mol. The van der Waals surface area contributed by atoms with Crippen LogP contribution in [0, 0.1) is 0 Å². The number of aromatic nitrogens is 4. The van der Waals surface area contributed by atoms with E-state index in [1.807, 2.05) is 52.2 Å². The summed E-state index contributed by atoms with van der Waals surface area (Å²) in [6.07, 6.45) is 6.36. The van der Waals surface area contributed by atoms with E-state index in [1.165, 1.54) is 0 Å². The van der Waals surface area contributed by atoms with Gasteiger partial charge in [0.05, 0.1) is 49.9 Å². The number of ether oxygens (including phenoxy) is 2. The lowest BCUT2D eigenvalue weighted by Crippen LogP contribution is -2.21. The molecule has 0 saturated heterocycles. The minimum atomic E-state index is -0.0226. The summed E-state index contributed by atoms with van der Waals surface area (Å²) < 4.78 is 12.7. The molecule has 2 heterocycles. The highest BCUT2D eigenvalue weighted by Gasteiger charge is 2.14. The Hall–Kier alpha value is -3.69. The number of hydrogen-bond donors (Lipinski definition) is 2. The molecule has 0 fully saturated rings. The SMILES string of the molecule is COc1cc(OC)cc(N(CCO)c2ccc3ncc(-c4cnn(CCCN)c4)nc3c2)c1. The summed E-state index contributed by atoms with van der Waals surface area (Å²) >= 11 is 0. The van der Waals surface area contributed by atoms with Crippen LogP contribution in [0.3, 0.4) is 0 Å². The normalized spacial score (nSPS) is 11.0. The zero-order valence-electron chi connectivity index (χ0n) is 18.8. The van der Waals surface area contributed by atoms with Gasteiger partial charge >= 0.3 is 0 Å². The van der Waals surface area contributed by atoms with Crippen molar-refractivity contribution in [3.05, 3.63) is 55.0 Å². The van der Waals surface area contributed by atoms with E-state index in [4.69, 9.17) is 20.2 Å². The Balaban J connectivity index is 1.71. The zero-order valence-corrected chi connectivity index (χ0v) is 18.8. The van der Waals surface area contributed by atoms with Crippen molar-refractivity contribution in [3.63, 3.8) is 0 Å². The molecule has 9 heteroatoms. The van der Waals surface area contributed by atoms with E-state index < -0.39 is 0 Å². The van der Waals surface area contributed by atoms with Crippen molar-refractivity contribution in [2.24, 2.45) is 5.73 Å². The largest absolute Gasteiger partial charge is 0.497 e. The smallest absolute Gasteiger partial charge is 0.124 e. The molecular formula is C24H28N6O3. The molecule has 0 bridgehead atoms. The Morgan fingerprint density at radius 1 is 1.00 bits per heavy atom. The maximum atomic E-state index is 9.73. The molecule has 0 saturated carbocycles. The predicted molar refractivity (Wildman–Crippen MR) is 128 cm³/mol. The Morgan fingerprint density at radius 3 is 2.48 bits per heavy atom. The maximum Gasteiger partial charge on any atom is 0.124 e. The lowest BCUT2D eigenvalue weighted by molar-refractivity contribution is 0.305. The third-order valence-corrected chi connectivity index (χ3v) is 5.33. The van der Waals surface area contributed by atoms with Gasteiger partial charge in [-0.05, 0) is 31.2 Å². The first-order valence-corrected chi connectivity index (χ1v) is 10.8. The number of anilines is 2. The van der Waals surface area contributed by atoms with Crippen molar-refractivity contribution in [1.82, 2.24) is 19.7 Å². The number of hydrogen-bond acceptors (Lipinski definition) is 8. The number of nitrogens with two attached hydrogens (primary N) is 1. The standard InChI is InChI=1S/C24H28N6O3/c1-32-20-10-19(11-21(13-20)33-2)30(8-9-31)18-4-5-22-23(12-18)28-24(15-26-22)17-14-27-29(16-17)7-3-6-25/h4-5,10-16,31H,3,6-9,25H2,1-2H3. The third-order valence-electron chi connectivity index (χ3n) is 5.33. The minimum Gasteiger partial charge on any atom is -0.497 e. The van der Waals surface area contributed by atoms with Crippen molar-refractivity contribution in [2.75, 3.05) is 38.8 Å². The molecule has 33 heavy (non-hydrogen) atoms. The molecule has 0 atom stereocenters. The topological polar surface area (TPSA) is 112 Å². The fourth-order valence-corrected chi connectivity index (χ4v) is 3.63. The van der Waals surface area contributed by atoms with E-state index in [9.17, 15) is 5.11 Å². The van der Waals surface area contributed by atoms with Gasteiger partial charge < -0.3 is 25.2 Å². The molecule has 4 rings (SSSR count). The number of fused-ring (bicyclic) bond motifs is 1. The summed E-state index contributed by atoms with van der Waals surface area (Å²) in [5.41, 5.74) is 10.5. The van der Waals surface area contributed by atoms with E-state index in [0.29, 0.717) is 24.6 Å². The molecule has 2 aromatic heterocycles. The molecule has 172 valence electrons. The van der Waals surface area contributed by atoms with Crippen LogP contribution in [-0.2, 0) is 6.54 Å².